The van der Waals surface area contributed by atoms with Crippen LogP contribution < -0.4 is 10.5 Å². The molecule has 11 heteroatoms. The molecule has 2 aromatic carbocycles. The number of aromatic hydroxyl groups is 1. The molecule has 11 nitrogen and oxygen atoms in total. The number of aliphatic hydroxyl groups is 1. The number of rotatable bonds is 6. The fourth-order valence-electron chi connectivity index (χ4n) is 8.40. The number of benzene rings is 2. The number of phenols is 1. The van der Waals surface area contributed by atoms with Gasteiger partial charge < -0.3 is 20.7 Å². The van der Waals surface area contributed by atoms with Crippen LogP contribution in [0, 0.1) is 29.6 Å². The third-order valence-electron chi connectivity index (χ3n) is 10.8. The van der Waals surface area contributed by atoms with Crippen molar-refractivity contribution in [3.63, 3.8) is 0 Å². The summed E-state index contributed by atoms with van der Waals surface area (Å²) in [4.78, 5) is 71.3. The summed E-state index contributed by atoms with van der Waals surface area (Å²) in [5, 5.41) is 22.8. The van der Waals surface area contributed by atoms with E-state index in [1.165, 1.54) is 11.0 Å². The molecule has 1 heterocycles. The number of carbonyl (C=O) groups excluding carboxylic acids is 5. The van der Waals surface area contributed by atoms with E-state index < -0.39 is 64.4 Å². The van der Waals surface area contributed by atoms with Crippen LogP contribution in [-0.2, 0) is 32.1 Å². The largest absolute Gasteiger partial charge is 0.507 e. The quantitative estimate of drug-likeness (QED) is 0.400. The second-order valence-corrected chi connectivity index (χ2v) is 13.8. The zero-order chi connectivity index (χ0) is 33.2. The van der Waals surface area contributed by atoms with E-state index in [0.29, 0.717) is 22.8 Å². The molecule has 6 rings (SSSR count). The molecule has 4 N–H and O–H groups in total. The second kappa shape index (κ2) is 11.7. The lowest BCUT2D eigenvalue weighted by atomic mass is 9.52. The summed E-state index contributed by atoms with van der Waals surface area (Å²) in [6, 6.07) is 7.94. The van der Waals surface area contributed by atoms with E-state index in [4.69, 9.17) is 10.5 Å². The highest BCUT2D eigenvalue weighted by atomic mass is 16.5. The number of nitrogens with two attached hydrogens (primary N) is 1. The number of phenolic OH excluding ortho intramolecular Hbond substituents is 1. The number of likely N-dealkylation sites (N-methyl/N-ethyl adjacent to an activating group) is 1. The van der Waals surface area contributed by atoms with E-state index in [1.54, 1.807) is 27.3 Å². The smallest absolute Gasteiger partial charge is 0.235 e. The van der Waals surface area contributed by atoms with Gasteiger partial charge in [-0.25, -0.2) is 0 Å². The predicted octanol–water partition coefficient (Wildman–Crippen LogP) is 1.77. The van der Waals surface area contributed by atoms with Crippen LogP contribution in [-0.4, -0.2) is 95.0 Å². The van der Waals surface area contributed by atoms with Crippen LogP contribution in [0.15, 0.2) is 30.3 Å². The molecule has 0 radical (unpaired) electrons. The zero-order valence-electron chi connectivity index (χ0n) is 26.6. The van der Waals surface area contributed by atoms with Crippen LogP contribution in [0.5, 0.6) is 11.5 Å². The highest BCUT2D eigenvalue weighted by Crippen LogP contribution is 2.52. The SMILES string of the molecule is COc1ccc(CN2CCC(C)CC2)cc1-c1ccc(O)c2c1C[C@H]1C[C@H]3[C@H](N(C)C)C(=O)C(C(N)=O)C(=O)[C@@]3(O)C(=O)C1C2=O. The second-order valence-electron chi connectivity index (χ2n) is 13.8. The Hall–Kier alpha value is -3.93. The summed E-state index contributed by atoms with van der Waals surface area (Å²) in [6.45, 7) is 5.04. The molecule has 0 aromatic heterocycles. The molecular weight excluding hydrogens is 590 g/mol. The number of hydrogen-bond acceptors (Lipinski definition) is 10. The number of nitrogens with zero attached hydrogens (tertiary/aromatic N) is 2. The molecule has 2 aromatic rings. The summed E-state index contributed by atoms with van der Waals surface area (Å²) in [5.41, 5.74) is 5.64. The van der Waals surface area contributed by atoms with Gasteiger partial charge in [-0.2, -0.15) is 0 Å². The van der Waals surface area contributed by atoms with E-state index >= 15 is 0 Å². The first-order valence-electron chi connectivity index (χ1n) is 15.9. The van der Waals surface area contributed by atoms with Crippen LogP contribution in [0.4, 0.5) is 0 Å². The Balaban J connectivity index is 1.43. The van der Waals surface area contributed by atoms with Crippen molar-refractivity contribution in [1.82, 2.24) is 9.80 Å². The number of primary amides is 1. The van der Waals surface area contributed by atoms with Crippen molar-refractivity contribution >= 4 is 29.0 Å². The Labute approximate surface area is 267 Å². The minimum atomic E-state index is -2.76. The van der Waals surface area contributed by atoms with Gasteiger partial charge in [0.25, 0.3) is 0 Å². The third-order valence-corrected chi connectivity index (χ3v) is 10.8. The van der Waals surface area contributed by atoms with Crippen LogP contribution >= 0.6 is 0 Å². The van der Waals surface area contributed by atoms with Crippen molar-refractivity contribution in [2.24, 2.45) is 35.3 Å². The number of methoxy groups -OCH3 is 1. The van der Waals surface area contributed by atoms with Gasteiger partial charge in [-0.15, -0.1) is 0 Å². The highest BCUT2D eigenvalue weighted by Gasteiger charge is 2.69. The van der Waals surface area contributed by atoms with Gasteiger partial charge in [0.15, 0.2) is 34.7 Å². The fraction of sp³-hybridized carbons (Fsp3) is 0.514. The highest BCUT2D eigenvalue weighted by molar-refractivity contribution is 6.32. The van der Waals surface area contributed by atoms with Gasteiger partial charge in [-0.05, 0) is 99.6 Å². The van der Waals surface area contributed by atoms with Gasteiger partial charge in [0.2, 0.25) is 5.91 Å². The summed E-state index contributed by atoms with van der Waals surface area (Å²) in [7, 11) is 4.69. The van der Waals surface area contributed by atoms with Crippen molar-refractivity contribution in [3.8, 4) is 22.6 Å². The molecule has 3 fully saturated rings. The Morgan fingerprint density at radius 1 is 1.07 bits per heavy atom. The van der Waals surface area contributed by atoms with Gasteiger partial charge in [0.05, 0.1) is 24.6 Å². The molecule has 46 heavy (non-hydrogen) atoms. The topological polar surface area (TPSA) is 168 Å². The van der Waals surface area contributed by atoms with E-state index in [0.717, 1.165) is 43.6 Å². The minimum absolute atomic E-state index is 0.0104. The molecule has 0 spiro atoms. The molecule has 6 atom stereocenters. The molecule has 1 saturated heterocycles. The van der Waals surface area contributed by atoms with Gasteiger partial charge in [0.1, 0.15) is 11.5 Å². The monoisotopic (exact) mass is 631 g/mol. The Bertz CT molecular complexity index is 1640. The molecule has 1 aliphatic heterocycles. The Morgan fingerprint density at radius 2 is 1.76 bits per heavy atom. The molecule has 3 aliphatic carbocycles. The number of fused-ring (bicyclic) bond motifs is 3. The van der Waals surface area contributed by atoms with Gasteiger partial charge in [-0.1, -0.05) is 19.1 Å². The van der Waals surface area contributed by atoms with Crippen molar-refractivity contribution in [2.75, 3.05) is 34.3 Å². The standard InChI is InChI=1S/C35H41N3O8/c1-17-9-11-38(12-10-17)16-18-5-8-25(46-4)21(13-18)20-6-7-24(39)27-22(20)14-19-15-23-29(37(2)3)31(41)28(34(36)44)33(43)35(23,45)32(42)26(19)30(27)40/h5-8,13,17,19,23,26,28-29,39,45H,9-12,14-16H2,1-4H3,(H2,36,44)/t19-,23-,26?,28?,29-,35-/m0/s1. The minimum Gasteiger partial charge on any atom is -0.507 e. The number of carbonyl (C=O) groups is 5. The van der Waals surface area contributed by atoms with Crippen molar-refractivity contribution in [1.29, 1.82) is 0 Å². The summed E-state index contributed by atoms with van der Waals surface area (Å²) < 4.78 is 5.74. The average molecular weight is 632 g/mol. The summed E-state index contributed by atoms with van der Waals surface area (Å²) in [5.74, 6) is -9.40. The number of likely N-dealkylation sites (tertiary alicyclic amines) is 1. The number of hydrogen-bond donors (Lipinski definition) is 3. The fourth-order valence-corrected chi connectivity index (χ4v) is 8.40. The third kappa shape index (κ3) is 4.87. The molecule has 0 bridgehead atoms. The lowest BCUT2D eigenvalue weighted by Gasteiger charge is -2.52. The number of ether oxygens (including phenoxy) is 1. The average Bonchev–Trinajstić information content (AvgIpc) is 3.00. The maximum absolute atomic E-state index is 14.2. The zero-order valence-corrected chi connectivity index (χ0v) is 26.6. The number of ketones is 4. The molecule has 244 valence electrons. The first-order chi connectivity index (χ1) is 21.8. The maximum atomic E-state index is 14.2. The van der Waals surface area contributed by atoms with E-state index in [-0.39, 0.29) is 24.2 Å². The summed E-state index contributed by atoms with van der Waals surface area (Å²) >= 11 is 0. The summed E-state index contributed by atoms with van der Waals surface area (Å²) in [6.07, 6.45) is 2.45. The van der Waals surface area contributed by atoms with E-state index in [9.17, 15) is 34.2 Å². The molecule has 2 saturated carbocycles. The molecular formula is C35H41N3O8. The predicted molar refractivity (Wildman–Crippen MR) is 167 cm³/mol. The lowest BCUT2D eigenvalue weighted by molar-refractivity contribution is -0.181. The van der Waals surface area contributed by atoms with E-state index in [2.05, 4.69) is 11.8 Å². The number of Topliss-reactive ketones (excluding diaryl/α,β-unsaturated/α-hetero) is 4. The van der Waals surface area contributed by atoms with Crippen LogP contribution in [0.1, 0.15) is 47.7 Å². The van der Waals surface area contributed by atoms with Gasteiger partial charge >= 0.3 is 0 Å². The van der Waals surface area contributed by atoms with Crippen LogP contribution in [0.25, 0.3) is 11.1 Å². The van der Waals surface area contributed by atoms with Crippen molar-refractivity contribution in [2.45, 2.75) is 50.8 Å². The number of piperidine rings is 1. The first-order valence-corrected chi connectivity index (χ1v) is 15.9. The molecule has 1 amide bonds. The van der Waals surface area contributed by atoms with Gasteiger partial charge in [-0.3, -0.25) is 33.8 Å². The van der Waals surface area contributed by atoms with Gasteiger partial charge in [0, 0.05) is 18.0 Å². The first kappa shape index (κ1) is 32.0. The Kier molecular flexibility index (Phi) is 8.15. The normalized spacial score (nSPS) is 30.2. The molecule has 2 unspecified atom stereocenters. The maximum Gasteiger partial charge on any atom is 0.235 e. The van der Waals surface area contributed by atoms with Crippen molar-refractivity contribution < 1.29 is 38.9 Å². The van der Waals surface area contributed by atoms with E-state index in [1.807, 2.05) is 18.2 Å². The van der Waals surface area contributed by atoms with Crippen LogP contribution in [0.2, 0.25) is 0 Å². The van der Waals surface area contributed by atoms with Crippen LogP contribution in [0.3, 0.4) is 0 Å². The number of amides is 1. The Morgan fingerprint density at radius 3 is 2.39 bits per heavy atom. The molecule has 4 aliphatic rings. The lowest BCUT2D eigenvalue weighted by Crippen LogP contribution is -2.74. The van der Waals surface area contributed by atoms with Crippen molar-refractivity contribution in [3.05, 3.63) is 47.0 Å².